The van der Waals surface area contributed by atoms with Crippen molar-refractivity contribution >= 4 is 17.3 Å². The minimum absolute atomic E-state index is 0.764. The molecule has 0 radical (unpaired) electrons. The molecule has 6 heteroatoms. The molecule has 2 aliphatic rings. The van der Waals surface area contributed by atoms with Crippen LogP contribution < -0.4 is 14.8 Å². The first-order chi connectivity index (χ1) is 12.7. The van der Waals surface area contributed by atoms with Crippen molar-refractivity contribution in [3.8, 4) is 11.5 Å². The predicted molar refractivity (Wildman–Crippen MR) is 109 cm³/mol. The van der Waals surface area contributed by atoms with E-state index >= 15 is 0 Å². The minimum Gasteiger partial charge on any atom is -0.493 e. The van der Waals surface area contributed by atoms with Gasteiger partial charge in [0.15, 0.2) is 16.6 Å². The summed E-state index contributed by atoms with van der Waals surface area (Å²) in [5.41, 5.74) is 1.21. The van der Waals surface area contributed by atoms with E-state index in [-0.39, 0.29) is 0 Å². The molecule has 0 atom stereocenters. The molecule has 0 bridgehead atoms. The van der Waals surface area contributed by atoms with Gasteiger partial charge in [0.25, 0.3) is 0 Å². The number of piperazine rings is 1. The second-order valence-electron chi connectivity index (χ2n) is 7.13. The van der Waals surface area contributed by atoms with E-state index in [4.69, 9.17) is 21.7 Å². The van der Waals surface area contributed by atoms with Gasteiger partial charge < -0.3 is 19.7 Å². The highest BCUT2D eigenvalue weighted by molar-refractivity contribution is 7.80. The summed E-state index contributed by atoms with van der Waals surface area (Å²) in [5, 5.41) is 4.30. The van der Waals surface area contributed by atoms with Gasteiger partial charge in [0.2, 0.25) is 0 Å². The molecule has 0 aromatic heterocycles. The van der Waals surface area contributed by atoms with Crippen LogP contribution in [0.3, 0.4) is 0 Å². The Morgan fingerprint density at radius 2 is 1.77 bits per heavy atom. The maximum atomic E-state index is 5.60. The van der Waals surface area contributed by atoms with Gasteiger partial charge in [0, 0.05) is 38.8 Å². The van der Waals surface area contributed by atoms with Gasteiger partial charge in [-0.3, -0.25) is 4.90 Å². The summed E-state index contributed by atoms with van der Waals surface area (Å²) in [5.74, 6) is 1.54. The first-order valence-electron chi connectivity index (χ1n) is 9.69. The number of rotatable bonds is 6. The molecule has 1 saturated heterocycles. The summed E-state index contributed by atoms with van der Waals surface area (Å²) in [6, 6.07) is 6.88. The van der Waals surface area contributed by atoms with Crippen molar-refractivity contribution in [2.75, 3.05) is 46.9 Å². The van der Waals surface area contributed by atoms with Gasteiger partial charge in [0.05, 0.1) is 14.2 Å². The average molecular weight is 378 g/mol. The lowest BCUT2D eigenvalue weighted by Crippen LogP contribution is -2.53. The van der Waals surface area contributed by atoms with Gasteiger partial charge in [-0.25, -0.2) is 0 Å². The maximum Gasteiger partial charge on any atom is 0.169 e. The minimum atomic E-state index is 0.764. The Balaban J connectivity index is 1.40. The number of hydrogen-bond donors (Lipinski definition) is 1. The predicted octanol–water partition coefficient (Wildman–Crippen LogP) is 2.68. The number of nitrogens with zero attached hydrogens (tertiary/aromatic N) is 2. The molecule has 1 aliphatic heterocycles. The van der Waals surface area contributed by atoms with Crippen molar-refractivity contribution in [1.29, 1.82) is 0 Å². The Morgan fingerprint density at radius 1 is 1.08 bits per heavy atom. The molecule has 144 valence electrons. The summed E-state index contributed by atoms with van der Waals surface area (Å²) < 4.78 is 10.7. The number of methoxy groups -OCH3 is 2. The van der Waals surface area contributed by atoms with Crippen molar-refractivity contribution < 1.29 is 9.47 Å². The molecule has 0 amide bonds. The summed E-state index contributed by atoms with van der Waals surface area (Å²) in [7, 11) is 3.32. The number of benzene rings is 1. The van der Waals surface area contributed by atoms with Crippen molar-refractivity contribution in [1.82, 2.24) is 15.1 Å². The van der Waals surface area contributed by atoms with Crippen LogP contribution in [0.5, 0.6) is 11.5 Å². The monoisotopic (exact) mass is 377 g/mol. The van der Waals surface area contributed by atoms with Crippen molar-refractivity contribution in [2.45, 2.75) is 38.1 Å². The van der Waals surface area contributed by atoms with E-state index in [2.05, 4.69) is 21.2 Å². The molecule has 0 spiro atoms. The van der Waals surface area contributed by atoms with Gasteiger partial charge in [-0.15, -0.1) is 0 Å². The van der Waals surface area contributed by atoms with E-state index in [0.717, 1.165) is 61.8 Å². The van der Waals surface area contributed by atoms with E-state index in [1.807, 2.05) is 12.1 Å². The molecule has 1 aliphatic carbocycles. The number of hydrogen-bond acceptors (Lipinski definition) is 4. The van der Waals surface area contributed by atoms with Gasteiger partial charge in [-0.2, -0.15) is 0 Å². The van der Waals surface area contributed by atoms with Crippen LogP contribution in [0.15, 0.2) is 18.2 Å². The summed E-state index contributed by atoms with van der Waals surface area (Å²) >= 11 is 5.60. The third kappa shape index (κ3) is 4.80. The normalized spacial score (nSPS) is 18.8. The Labute approximate surface area is 162 Å². The van der Waals surface area contributed by atoms with E-state index in [0.29, 0.717) is 0 Å². The Morgan fingerprint density at radius 3 is 2.42 bits per heavy atom. The second kappa shape index (κ2) is 9.42. The molecular weight excluding hydrogens is 346 g/mol. The molecule has 26 heavy (non-hydrogen) atoms. The van der Waals surface area contributed by atoms with Crippen molar-refractivity contribution in [3.63, 3.8) is 0 Å². The lowest BCUT2D eigenvalue weighted by atomic mass is 10.1. The Kier molecular flexibility index (Phi) is 6.97. The highest BCUT2D eigenvalue weighted by atomic mass is 32.1. The van der Waals surface area contributed by atoms with Gasteiger partial charge in [-0.05, 0) is 49.2 Å². The van der Waals surface area contributed by atoms with Crippen LogP contribution >= 0.6 is 12.2 Å². The fourth-order valence-corrected chi connectivity index (χ4v) is 4.31. The largest absolute Gasteiger partial charge is 0.493 e. The van der Waals surface area contributed by atoms with E-state index in [9.17, 15) is 0 Å². The molecular formula is C20H31N3O2S. The third-order valence-corrected chi connectivity index (χ3v) is 5.98. The average Bonchev–Trinajstić information content (AvgIpc) is 3.22. The Bertz CT molecular complexity index is 597. The molecule has 1 N–H and O–H groups in total. The maximum absolute atomic E-state index is 5.60. The number of thiocarbonyl (C=S) groups is 1. The van der Waals surface area contributed by atoms with Crippen LogP contribution in [-0.4, -0.2) is 67.9 Å². The van der Waals surface area contributed by atoms with E-state index in [1.165, 1.54) is 31.2 Å². The summed E-state index contributed by atoms with van der Waals surface area (Å²) in [4.78, 5) is 4.98. The number of ether oxygens (including phenoxy) is 2. The topological polar surface area (TPSA) is 37.0 Å². The Hall–Kier alpha value is -1.53. The first kappa shape index (κ1) is 19.2. The smallest absolute Gasteiger partial charge is 0.169 e. The highest BCUT2D eigenvalue weighted by Crippen LogP contribution is 2.27. The zero-order valence-electron chi connectivity index (χ0n) is 16.0. The summed E-state index contributed by atoms with van der Waals surface area (Å²) in [6.07, 6.45) is 6.48. The van der Waals surface area contributed by atoms with Crippen LogP contribution in [0, 0.1) is 0 Å². The fraction of sp³-hybridized carbons (Fsp3) is 0.650. The molecule has 1 aromatic rings. The second-order valence-corrected chi connectivity index (χ2v) is 7.52. The quantitative estimate of drug-likeness (QED) is 0.769. The van der Waals surface area contributed by atoms with Gasteiger partial charge in [-0.1, -0.05) is 18.9 Å². The van der Waals surface area contributed by atoms with Crippen LogP contribution in [0.25, 0.3) is 0 Å². The van der Waals surface area contributed by atoms with E-state index in [1.54, 1.807) is 14.2 Å². The molecule has 2 fully saturated rings. The zero-order chi connectivity index (χ0) is 18.4. The fourth-order valence-electron chi connectivity index (χ4n) is 4.02. The van der Waals surface area contributed by atoms with Gasteiger partial charge >= 0.3 is 0 Å². The summed E-state index contributed by atoms with van der Waals surface area (Å²) in [6.45, 7) is 5.19. The third-order valence-electron chi connectivity index (χ3n) is 5.58. The standard InChI is InChI=1S/C20H31N3O2S/c1-24-18-8-7-16(15-19(18)25-2)9-10-21-20(26)23-13-11-22(12-14-23)17-5-3-4-6-17/h7-8,15,17H,3-6,9-14H2,1-2H3,(H,21,26). The molecule has 0 unspecified atom stereocenters. The zero-order valence-corrected chi connectivity index (χ0v) is 16.8. The first-order valence-corrected chi connectivity index (χ1v) is 10.1. The van der Waals surface area contributed by atoms with Crippen LogP contribution in [0.4, 0.5) is 0 Å². The molecule has 5 nitrogen and oxygen atoms in total. The van der Waals surface area contributed by atoms with E-state index < -0.39 is 0 Å². The molecule has 1 heterocycles. The highest BCUT2D eigenvalue weighted by Gasteiger charge is 2.26. The lowest BCUT2D eigenvalue weighted by Gasteiger charge is -2.39. The van der Waals surface area contributed by atoms with Gasteiger partial charge in [0.1, 0.15) is 0 Å². The molecule has 1 saturated carbocycles. The molecule has 3 rings (SSSR count). The van der Waals surface area contributed by atoms with Crippen molar-refractivity contribution in [3.05, 3.63) is 23.8 Å². The van der Waals surface area contributed by atoms with Crippen LogP contribution in [0.2, 0.25) is 0 Å². The molecule has 1 aromatic carbocycles. The lowest BCUT2D eigenvalue weighted by molar-refractivity contribution is 0.133. The van der Waals surface area contributed by atoms with Crippen molar-refractivity contribution in [2.24, 2.45) is 0 Å². The van der Waals surface area contributed by atoms with Crippen LogP contribution in [-0.2, 0) is 6.42 Å². The SMILES string of the molecule is COc1ccc(CCNC(=S)N2CCN(C3CCCC3)CC2)cc1OC. The number of nitrogens with one attached hydrogen (secondary N) is 1. The van der Waals surface area contributed by atoms with Crippen LogP contribution in [0.1, 0.15) is 31.2 Å².